The van der Waals surface area contributed by atoms with Crippen molar-refractivity contribution in [2.75, 3.05) is 25.2 Å². The lowest BCUT2D eigenvalue weighted by Crippen LogP contribution is -2.05. The lowest BCUT2D eigenvalue weighted by Gasteiger charge is -2.02. The normalized spacial score (nSPS) is 12.5. The molecule has 1 unspecified atom stereocenters. The molecule has 0 bridgehead atoms. The molecule has 1 atom stereocenters. The summed E-state index contributed by atoms with van der Waals surface area (Å²) in [6.45, 7) is 3.18. The number of hydrogen-bond acceptors (Lipinski definition) is 3. The molecule has 3 heteroatoms. The molecule has 0 aliphatic carbocycles. The van der Waals surface area contributed by atoms with Gasteiger partial charge in [0.15, 0.2) is 0 Å². The van der Waals surface area contributed by atoms with Crippen LogP contribution in [0.15, 0.2) is 0 Å². The van der Waals surface area contributed by atoms with Gasteiger partial charge in [0.2, 0.25) is 0 Å². The van der Waals surface area contributed by atoms with Crippen molar-refractivity contribution >= 4 is 11.8 Å². The standard InChI is InChI=1S/C7H13NOS/c1-7(5-8)6-9-3-4-10-2/h7H,3-4,6H2,1-2H3. The zero-order valence-electron chi connectivity index (χ0n) is 6.46. The van der Waals surface area contributed by atoms with Crippen LogP contribution in [0.3, 0.4) is 0 Å². The first-order chi connectivity index (χ1) is 4.81. The Hall–Kier alpha value is -0.200. The van der Waals surface area contributed by atoms with Crippen molar-refractivity contribution in [3.05, 3.63) is 0 Å². The molecule has 0 aromatic carbocycles. The van der Waals surface area contributed by atoms with Gasteiger partial charge in [-0.3, -0.25) is 0 Å². The van der Waals surface area contributed by atoms with E-state index in [9.17, 15) is 0 Å². The Labute approximate surface area is 66.6 Å². The van der Waals surface area contributed by atoms with Gasteiger partial charge in [-0.2, -0.15) is 17.0 Å². The predicted molar refractivity (Wildman–Crippen MR) is 44.0 cm³/mol. The fraction of sp³-hybridized carbons (Fsp3) is 0.857. The van der Waals surface area contributed by atoms with Gasteiger partial charge < -0.3 is 4.74 Å². The van der Waals surface area contributed by atoms with Gasteiger partial charge in [0.25, 0.3) is 0 Å². The second-order valence-corrected chi connectivity index (χ2v) is 3.08. The fourth-order valence-electron chi connectivity index (χ4n) is 0.440. The first kappa shape index (κ1) is 9.80. The van der Waals surface area contributed by atoms with Crippen molar-refractivity contribution in [2.45, 2.75) is 6.92 Å². The Bertz CT molecular complexity index is 111. The smallest absolute Gasteiger partial charge is 0.0677 e. The minimum Gasteiger partial charge on any atom is -0.379 e. The molecule has 0 N–H and O–H groups in total. The van der Waals surface area contributed by atoms with E-state index < -0.39 is 0 Å². The number of ether oxygens (including phenoxy) is 1. The second-order valence-electron chi connectivity index (χ2n) is 2.10. The summed E-state index contributed by atoms with van der Waals surface area (Å²) in [6.07, 6.45) is 2.04. The lowest BCUT2D eigenvalue weighted by molar-refractivity contribution is 0.133. The highest BCUT2D eigenvalue weighted by Crippen LogP contribution is 1.95. The quantitative estimate of drug-likeness (QED) is 0.570. The Morgan fingerprint density at radius 3 is 2.90 bits per heavy atom. The summed E-state index contributed by atoms with van der Waals surface area (Å²) < 4.78 is 5.18. The maximum atomic E-state index is 8.36. The Morgan fingerprint density at radius 1 is 1.70 bits per heavy atom. The summed E-state index contributed by atoms with van der Waals surface area (Å²) in [6, 6.07) is 2.11. The molecule has 0 heterocycles. The van der Waals surface area contributed by atoms with Crippen molar-refractivity contribution in [2.24, 2.45) is 5.92 Å². The molecule has 0 saturated heterocycles. The Kier molecular flexibility index (Phi) is 6.78. The van der Waals surface area contributed by atoms with Crippen LogP contribution in [0.1, 0.15) is 6.92 Å². The molecule has 0 aliphatic heterocycles. The van der Waals surface area contributed by atoms with E-state index in [0.717, 1.165) is 12.4 Å². The van der Waals surface area contributed by atoms with Gasteiger partial charge in [0.05, 0.1) is 25.2 Å². The number of nitrogens with zero attached hydrogens (tertiary/aromatic N) is 1. The van der Waals surface area contributed by atoms with Crippen molar-refractivity contribution in [1.82, 2.24) is 0 Å². The molecular formula is C7H13NOS. The molecule has 0 spiro atoms. The van der Waals surface area contributed by atoms with Crippen LogP contribution in [-0.4, -0.2) is 25.2 Å². The zero-order valence-corrected chi connectivity index (χ0v) is 7.28. The molecule has 0 aromatic rings. The molecule has 2 nitrogen and oxygen atoms in total. The minimum absolute atomic E-state index is 0.0295. The molecule has 0 aliphatic rings. The molecule has 58 valence electrons. The van der Waals surface area contributed by atoms with Gasteiger partial charge in [-0.15, -0.1) is 0 Å². The van der Waals surface area contributed by atoms with Gasteiger partial charge in [-0.1, -0.05) is 0 Å². The first-order valence-corrected chi connectivity index (χ1v) is 4.67. The van der Waals surface area contributed by atoms with Crippen LogP contribution in [0.4, 0.5) is 0 Å². The third-order valence-electron chi connectivity index (χ3n) is 1.02. The highest BCUT2D eigenvalue weighted by atomic mass is 32.2. The van der Waals surface area contributed by atoms with E-state index in [0.29, 0.717) is 6.61 Å². The van der Waals surface area contributed by atoms with Crippen LogP contribution >= 0.6 is 11.8 Å². The largest absolute Gasteiger partial charge is 0.379 e. The maximum Gasteiger partial charge on any atom is 0.0677 e. The number of thioether (sulfide) groups is 1. The average Bonchev–Trinajstić information content (AvgIpc) is 1.98. The highest BCUT2D eigenvalue weighted by molar-refractivity contribution is 7.98. The SMILES string of the molecule is CSCCOCC(C)C#N. The second kappa shape index (κ2) is 6.91. The van der Waals surface area contributed by atoms with Gasteiger partial charge >= 0.3 is 0 Å². The van der Waals surface area contributed by atoms with E-state index in [-0.39, 0.29) is 5.92 Å². The molecule has 0 radical (unpaired) electrons. The average molecular weight is 159 g/mol. The van der Waals surface area contributed by atoms with Crippen LogP contribution in [0, 0.1) is 17.2 Å². The number of rotatable bonds is 5. The Balaban J connectivity index is 2.98. The maximum absolute atomic E-state index is 8.36. The topological polar surface area (TPSA) is 33.0 Å². The van der Waals surface area contributed by atoms with Gasteiger partial charge in [-0.05, 0) is 13.2 Å². The van der Waals surface area contributed by atoms with Crippen molar-refractivity contribution in [1.29, 1.82) is 5.26 Å². The summed E-state index contributed by atoms with van der Waals surface area (Å²) >= 11 is 1.75. The van der Waals surface area contributed by atoms with E-state index in [4.69, 9.17) is 10.00 Å². The van der Waals surface area contributed by atoms with Crippen LogP contribution < -0.4 is 0 Å². The molecule has 0 amide bonds. The van der Waals surface area contributed by atoms with E-state index >= 15 is 0 Å². The zero-order chi connectivity index (χ0) is 7.82. The minimum atomic E-state index is 0.0295. The van der Waals surface area contributed by atoms with Gasteiger partial charge in [0.1, 0.15) is 0 Å². The molecule has 0 aromatic heterocycles. The van der Waals surface area contributed by atoms with Crippen LogP contribution in [0.25, 0.3) is 0 Å². The molecular weight excluding hydrogens is 146 g/mol. The van der Waals surface area contributed by atoms with E-state index in [1.807, 2.05) is 13.2 Å². The fourth-order valence-corrected chi connectivity index (χ4v) is 0.724. The molecule has 0 rings (SSSR count). The lowest BCUT2D eigenvalue weighted by atomic mass is 10.2. The summed E-state index contributed by atoms with van der Waals surface area (Å²) in [5.74, 6) is 1.04. The third-order valence-corrected chi connectivity index (χ3v) is 1.59. The molecule has 10 heavy (non-hydrogen) atoms. The van der Waals surface area contributed by atoms with E-state index in [1.54, 1.807) is 11.8 Å². The van der Waals surface area contributed by atoms with Crippen molar-refractivity contribution < 1.29 is 4.74 Å². The van der Waals surface area contributed by atoms with Gasteiger partial charge in [-0.25, -0.2) is 0 Å². The summed E-state index contributed by atoms with van der Waals surface area (Å²) in [5, 5.41) is 8.36. The predicted octanol–water partition coefficient (Wildman–Crippen LogP) is 1.53. The Morgan fingerprint density at radius 2 is 2.40 bits per heavy atom. The highest BCUT2D eigenvalue weighted by Gasteiger charge is 1.97. The molecule has 0 saturated carbocycles. The third kappa shape index (κ3) is 5.93. The molecule has 0 fully saturated rings. The number of nitriles is 1. The van der Waals surface area contributed by atoms with Crippen LogP contribution in [0.2, 0.25) is 0 Å². The van der Waals surface area contributed by atoms with Gasteiger partial charge in [0, 0.05) is 5.75 Å². The van der Waals surface area contributed by atoms with E-state index in [2.05, 4.69) is 6.07 Å². The van der Waals surface area contributed by atoms with Crippen LogP contribution in [0.5, 0.6) is 0 Å². The summed E-state index contributed by atoms with van der Waals surface area (Å²) in [5.41, 5.74) is 0. The number of hydrogen-bond donors (Lipinski definition) is 0. The van der Waals surface area contributed by atoms with Crippen molar-refractivity contribution in [3.8, 4) is 6.07 Å². The monoisotopic (exact) mass is 159 g/mol. The summed E-state index contributed by atoms with van der Waals surface area (Å²) in [7, 11) is 0. The van der Waals surface area contributed by atoms with E-state index in [1.165, 1.54) is 0 Å². The van der Waals surface area contributed by atoms with Crippen molar-refractivity contribution in [3.63, 3.8) is 0 Å². The van der Waals surface area contributed by atoms with Crippen LogP contribution in [-0.2, 0) is 4.74 Å². The summed E-state index contributed by atoms with van der Waals surface area (Å²) in [4.78, 5) is 0. The first-order valence-electron chi connectivity index (χ1n) is 3.27.